The molecule has 0 radical (unpaired) electrons. The lowest BCUT2D eigenvalue weighted by atomic mass is 10.2. The molecule has 0 unspecified atom stereocenters. The number of nitrogens with zero attached hydrogens (tertiary/aromatic N) is 2. The van der Waals surface area contributed by atoms with Crippen molar-refractivity contribution in [2.24, 2.45) is 0 Å². The Kier molecular flexibility index (Phi) is 10.2. The normalized spacial score (nSPS) is 10.6. The predicted molar refractivity (Wildman–Crippen MR) is 115 cm³/mol. The van der Waals surface area contributed by atoms with Crippen LogP contribution in [0.15, 0.2) is 35.6 Å². The van der Waals surface area contributed by atoms with Crippen LogP contribution < -0.4 is 10.6 Å². The zero-order valence-corrected chi connectivity index (χ0v) is 18.2. The van der Waals surface area contributed by atoms with E-state index in [0.717, 1.165) is 12.0 Å². The SMILES string of the molecule is COCCCNC(=O)CCNC(=O)c1nc(SCc2ccc(Cl)cc2)ncc1Cl. The number of benzene rings is 1. The zero-order valence-electron chi connectivity index (χ0n) is 15.9. The van der Waals surface area contributed by atoms with Gasteiger partial charge in [0.1, 0.15) is 0 Å². The number of ether oxygens (including phenoxy) is 1. The van der Waals surface area contributed by atoms with E-state index in [2.05, 4.69) is 20.6 Å². The Hall–Kier alpha value is -1.87. The first-order valence-electron chi connectivity index (χ1n) is 8.93. The summed E-state index contributed by atoms with van der Waals surface area (Å²) in [6.45, 7) is 1.30. The molecular formula is C19H22Cl2N4O3S. The highest BCUT2D eigenvalue weighted by Crippen LogP contribution is 2.22. The summed E-state index contributed by atoms with van der Waals surface area (Å²) in [4.78, 5) is 32.5. The molecule has 0 spiro atoms. The average molecular weight is 457 g/mol. The van der Waals surface area contributed by atoms with E-state index in [1.807, 2.05) is 24.3 Å². The largest absolute Gasteiger partial charge is 0.385 e. The zero-order chi connectivity index (χ0) is 21.1. The van der Waals surface area contributed by atoms with Crippen molar-refractivity contribution in [2.45, 2.75) is 23.8 Å². The quantitative estimate of drug-likeness (QED) is 0.306. The maximum atomic E-state index is 12.4. The van der Waals surface area contributed by atoms with Crippen LogP contribution in [0.4, 0.5) is 0 Å². The van der Waals surface area contributed by atoms with Gasteiger partial charge in [0.25, 0.3) is 5.91 Å². The van der Waals surface area contributed by atoms with Gasteiger partial charge in [-0.2, -0.15) is 0 Å². The highest BCUT2D eigenvalue weighted by molar-refractivity contribution is 7.98. The maximum absolute atomic E-state index is 12.4. The highest BCUT2D eigenvalue weighted by Gasteiger charge is 2.15. The topological polar surface area (TPSA) is 93.2 Å². The summed E-state index contributed by atoms with van der Waals surface area (Å²) in [6, 6.07) is 7.46. The molecule has 0 aliphatic heterocycles. The first-order valence-corrected chi connectivity index (χ1v) is 10.7. The highest BCUT2D eigenvalue weighted by atomic mass is 35.5. The molecule has 29 heavy (non-hydrogen) atoms. The van der Waals surface area contributed by atoms with E-state index in [9.17, 15) is 9.59 Å². The molecule has 0 fully saturated rings. The van der Waals surface area contributed by atoms with Crippen molar-refractivity contribution in [2.75, 3.05) is 26.8 Å². The second kappa shape index (κ2) is 12.6. The molecule has 0 atom stereocenters. The molecule has 10 heteroatoms. The molecule has 2 amide bonds. The molecule has 7 nitrogen and oxygen atoms in total. The van der Waals surface area contributed by atoms with Gasteiger partial charge in [-0.1, -0.05) is 47.1 Å². The molecule has 1 aromatic heterocycles. The second-order valence-electron chi connectivity index (χ2n) is 5.97. The number of carbonyl (C=O) groups excluding carboxylic acids is 2. The molecule has 2 rings (SSSR count). The van der Waals surface area contributed by atoms with Crippen LogP contribution in [0, 0.1) is 0 Å². The van der Waals surface area contributed by atoms with Crippen LogP contribution in [0.25, 0.3) is 0 Å². The number of amides is 2. The van der Waals surface area contributed by atoms with E-state index in [0.29, 0.717) is 29.1 Å². The number of halogens is 2. The Balaban J connectivity index is 1.82. The number of hydrogen-bond acceptors (Lipinski definition) is 6. The van der Waals surface area contributed by atoms with Crippen molar-refractivity contribution in [3.05, 3.63) is 51.8 Å². The minimum atomic E-state index is -0.446. The van der Waals surface area contributed by atoms with Crippen LogP contribution in [-0.4, -0.2) is 48.6 Å². The fourth-order valence-corrected chi connectivity index (χ4v) is 3.29. The number of methoxy groups -OCH3 is 1. The number of carbonyl (C=O) groups is 2. The molecule has 0 saturated carbocycles. The Bertz CT molecular complexity index is 822. The van der Waals surface area contributed by atoms with E-state index in [1.165, 1.54) is 18.0 Å². The van der Waals surface area contributed by atoms with E-state index in [1.54, 1.807) is 7.11 Å². The summed E-state index contributed by atoms with van der Waals surface area (Å²) >= 11 is 13.3. The minimum Gasteiger partial charge on any atom is -0.385 e. The van der Waals surface area contributed by atoms with Crippen LogP contribution in [0.2, 0.25) is 10.0 Å². The van der Waals surface area contributed by atoms with E-state index < -0.39 is 5.91 Å². The van der Waals surface area contributed by atoms with Crippen molar-refractivity contribution < 1.29 is 14.3 Å². The molecule has 0 saturated heterocycles. The molecule has 0 aliphatic carbocycles. The molecule has 0 aliphatic rings. The van der Waals surface area contributed by atoms with Gasteiger partial charge in [0, 0.05) is 44.0 Å². The fraction of sp³-hybridized carbons (Fsp3) is 0.368. The third-order valence-corrected chi connectivity index (χ3v) is 5.16. The molecule has 2 N–H and O–H groups in total. The maximum Gasteiger partial charge on any atom is 0.271 e. The van der Waals surface area contributed by atoms with Crippen molar-refractivity contribution >= 4 is 46.8 Å². The third kappa shape index (κ3) is 8.57. The van der Waals surface area contributed by atoms with Crippen LogP contribution in [0.3, 0.4) is 0 Å². The van der Waals surface area contributed by atoms with Gasteiger partial charge in [-0.25, -0.2) is 9.97 Å². The number of nitrogens with one attached hydrogen (secondary N) is 2. The third-order valence-electron chi connectivity index (χ3n) is 3.70. The Labute approximate surface area is 183 Å². The average Bonchev–Trinajstić information content (AvgIpc) is 2.71. The fourth-order valence-electron chi connectivity index (χ4n) is 2.21. The molecule has 1 heterocycles. The van der Waals surface area contributed by atoms with Gasteiger partial charge < -0.3 is 15.4 Å². The molecule has 0 bridgehead atoms. The lowest BCUT2D eigenvalue weighted by Gasteiger charge is -2.08. The Morgan fingerprint density at radius 2 is 1.90 bits per heavy atom. The van der Waals surface area contributed by atoms with Gasteiger partial charge in [0.15, 0.2) is 10.9 Å². The van der Waals surface area contributed by atoms with Gasteiger partial charge in [-0.3, -0.25) is 9.59 Å². The minimum absolute atomic E-state index is 0.0841. The summed E-state index contributed by atoms with van der Waals surface area (Å²) in [5.41, 5.74) is 1.14. The van der Waals surface area contributed by atoms with Crippen LogP contribution in [0.5, 0.6) is 0 Å². The summed E-state index contributed by atoms with van der Waals surface area (Å²) in [5.74, 6) is 0.0376. The first kappa shape index (κ1) is 23.4. The Morgan fingerprint density at radius 1 is 1.14 bits per heavy atom. The van der Waals surface area contributed by atoms with Crippen LogP contribution >= 0.6 is 35.0 Å². The van der Waals surface area contributed by atoms with Crippen molar-refractivity contribution in [1.29, 1.82) is 0 Å². The molecular weight excluding hydrogens is 435 g/mol. The lowest BCUT2D eigenvalue weighted by molar-refractivity contribution is -0.120. The number of hydrogen-bond donors (Lipinski definition) is 2. The van der Waals surface area contributed by atoms with E-state index >= 15 is 0 Å². The molecule has 2 aromatic rings. The number of thioether (sulfide) groups is 1. The van der Waals surface area contributed by atoms with Crippen LogP contribution in [-0.2, 0) is 15.3 Å². The van der Waals surface area contributed by atoms with Gasteiger partial charge in [0.05, 0.1) is 11.2 Å². The number of aromatic nitrogens is 2. The molecule has 1 aromatic carbocycles. The van der Waals surface area contributed by atoms with Crippen molar-refractivity contribution in [3.63, 3.8) is 0 Å². The second-order valence-corrected chi connectivity index (χ2v) is 7.75. The van der Waals surface area contributed by atoms with Crippen molar-refractivity contribution in [3.8, 4) is 0 Å². The summed E-state index contributed by atoms with van der Waals surface area (Å²) < 4.78 is 4.91. The van der Waals surface area contributed by atoms with Gasteiger partial charge in [-0.05, 0) is 24.1 Å². The first-order chi connectivity index (χ1) is 14.0. The smallest absolute Gasteiger partial charge is 0.271 e. The van der Waals surface area contributed by atoms with Crippen LogP contribution in [0.1, 0.15) is 28.9 Å². The lowest BCUT2D eigenvalue weighted by Crippen LogP contribution is -2.32. The Morgan fingerprint density at radius 3 is 2.62 bits per heavy atom. The van der Waals surface area contributed by atoms with Gasteiger partial charge in [0.2, 0.25) is 5.91 Å². The summed E-state index contributed by atoms with van der Waals surface area (Å²) in [7, 11) is 1.61. The van der Waals surface area contributed by atoms with Gasteiger partial charge >= 0.3 is 0 Å². The standard InChI is InChI=1S/C19H22Cl2N4O3S/c1-28-10-2-8-22-16(26)7-9-23-18(27)17-15(21)11-24-19(25-17)29-12-13-3-5-14(20)6-4-13/h3-6,11H,2,7-10,12H2,1H3,(H,22,26)(H,23,27). The number of rotatable bonds is 11. The van der Waals surface area contributed by atoms with Gasteiger partial charge in [-0.15, -0.1) is 0 Å². The summed E-state index contributed by atoms with van der Waals surface area (Å²) in [6.07, 6.45) is 2.30. The van der Waals surface area contributed by atoms with E-state index in [4.69, 9.17) is 27.9 Å². The van der Waals surface area contributed by atoms with Crippen molar-refractivity contribution in [1.82, 2.24) is 20.6 Å². The predicted octanol–water partition coefficient (Wildman–Crippen LogP) is 3.35. The monoisotopic (exact) mass is 456 g/mol. The molecule has 156 valence electrons. The summed E-state index contributed by atoms with van der Waals surface area (Å²) in [5, 5.41) is 6.67. The van der Waals surface area contributed by atoms with E-state index in [-0.39, 0.29) is 29.6 Å².